The Labute approximate surface area is 92.2 Å². The number of aryl methyl sites for hydroxylation is 2. The van der Waals surface area contributed by atoms with E-state index in [1.807, 2.05) is 0 Å². The molecule has 0 aliphatic carbocycles. The second-order valence-electron chi connectivity index (χ2n) is 3.78. The topological polar surface area (TPSA) is 95.3 Å². The average Bonchev–Trinajstić information content (AvgIpc) is 2.26. The predicted molar refractivity (Wildman–Crippen MR) is 58.3 cm³/mol. The highest BCUT2D eigenvalue weighted by Gasteiger charge is 2.07. The van der Waals surface area contributed by atoms with Crippen LogP contribution < -0.4 is 11.2 Å². The molecule has 3 N–H and O–H groups in total. The third kappa shape index (κ3) is 3.04. The summed E-state index contributed by atoms with van der Waals surface area (Å²) >= 11 is 0. The molecule has 1 heterocycles. The lowest BCUT2D eigenvalue weighted by molar-refractivity contribution is 0.140. The van der Waals surface area contributed by atoms with E-state index in [-0.39, 0.29) is 24.7 Å². The van der Waals surface area contributed by atoms with Gasteiger partial charge < -0.3 is 14.8 Å². The Morgan fingerprint density at radius 2 is 2.00 bits per heavy atom. The minimum Gasteiger partial charge on any atom is -0.396 e. The van der Waals surface area contributed by atoms with Crippen LogP contribution in [0.5, 0.6) is 0 Å². The van der Waals surface area contributed by atoms with Crippen molar-refractivity contribution in [2.24, 2.45) is 5.92 Å². The molecule has 0 saturated heterocycles. The van der Waals surface area contributed by atoms with Gasteiger partial charge in [0.25, 0.3) is 5.56 Å². The Morgan fingerprint density at radius 1 is 1.38 bits per heavy atom. The molecule has 0 unspecified atom stereocenters. The lowest BCUT2D eigenvalue weighted by atomic mass is 10.1. The Balaban J connectivity index is 2.78. The Morgan fingerprint density at radius 3 is 2.56 bits per heavy atom. The Hall–Kier alpha value is -1.40. The van der Waals surface area contributed by atoms with E-state index in [2.05, 4.69) is 4.98 Å². The highest BCUT2D eigenvalue weighted by molar-refractivity contribution is 5.00. The van der Waals surface area contributed by atoms with Gasteiger partial charge in [0.2, 0.25) is 0 Å². The zero-order valence-electron chi connectivity index (χ0n) is 9.14. The number of aliphatic hydroxyl groups is 2. The summed E-state index contributed by atoms with van der Waals surface area (Å²) in [6.45, 7) is 1.74. The summed E-state index contributed by atoms with van der Waals surface area (Å²) in [4.78, 5) is 24.7. The van der Waals surface area contributed by atoms with Crippen molar-refractivity contribution in [3.63, 3.8) is 0 Å². The molecule has 0 aliphatic heterocycles. The number of aliphatic hydroxyl groups excluding tert-OH is 2. The molecule has 6 heteroatoms. The second kappa shape index (κ2) is 5.62. The van der Waals surface area contributed by atoms with Gasteiger partial charge in [-0.3, -0.25) is 9.78 Å². The SMILES string of the molecule is Cc1cn(CCC(CO)CO)c(=O)[nH]c1=O. The molecule has 90 valence electrons. The lowest BCUT2D eigenvalue weighted by Crippen LogP contribution is -2.31. The molecule has 16 heavy (non-hydrogen) atoms. The van der Waals surface area contributed by atoms with Crippen molar-refractivity contribution in [2.45, 2.75) is 19.9 Å². The molecule has 0 radical (unpaired) electrons. The summed E-state index contributed by atoms with van der Waals surface area (Å²) in [5, 5.41) is 17.7. The number of aromatic amines is 1. The lowest BCUT2D eigenvalue weighted by Gasteiger charge is -2.11. The number of nitrogens with zero attached hydrogens (tertiary/aromatic N) is 1. The van der Waals surface area contributed by atoms with Gasteiger partial charge in [0.15, 0.2) is 0 Å². The molecule has 0 aromatic carbocycles. The normalized spacial score (nSPS) is 11.0. The monoisotopic (exact) mass is 228 g/mol. The molecule has 1 aromatic rings. The predicted octanol–water partition coefficient (Wildman–Crippen LogP) is -1.16. The fourth-order valence-corrected chi connectivity index (χ4v) is 1.35. The van der Waals surface area contributed by atoms with Gasteiger partial charge in [-0.15, -0.1) is 0 Å². The zero-order chi connectivity index (χ0) is 12.1. The molecule has 1 aromatic heterocycles. The maximum absolute atomic E-state index is 11.4. The quantitative estimate of drug-likeness (QED) is 0.592. The van der Waals surface area contributed by atoms with Gasteiger partial charge in [0.1, 0.15) is 0 Å². The van der Waals surface area contributed by atoms with Crippen LogP contribution in [-0.4, -0.2) is 33.0 Å². The van der Waals surface area contributed by atoms with E-state index in [0.29, 0.717) is 18.5 Å². The molecule has 0 amide bonds. The summed E-state index contributed by atoms with van der Waals surface area (Å²) in [6, 6.07) is 0. The molecular formula is C10H16N2O4. The third-order valence-electron chi connectivity index (χ3n) is 2.48. The number of nitrogens with one attached hydrogen (secondary N) is 1. The van der Waals surface area contributed by atoms with Gasteiger partial charge in [-0.2, -0.15) is 0 Å². The standard InChI is InChI=1S/C10H16N2O4/c1-7-4-12(10(16)11-9(7)15)3-2-8(5-13)6-14/h4,8,13-14H,2-3,5-6H2,1H3,(H,11,15,16). The first-order valence-corrected chi connectivity index (χ1v) is 5.10. The number of H-pyrrole nitrogens is 1. The largest absolute Gasteiger partial charge is 0.396 e. The van der Waals surface area contributed by atoms with Gasteiger partial charge in [-0.1, -0.05) is 0 Å². The van der Waals surface area contributed by atoms with Crippen LogP contribution in [-0.2, 0) is 6.54 Å². The fourth-order valence-electron chi connectivity index (χ4n) is 1.35. The van der Waals surface area contributed by atoms with Crippen LogP contribution in [0.1, 0.15) is 12.0 Å². The van der Waals surface area contributed by atoms with E-state index in [1.54, 1.807) is 6.92 Å². The molecule has 6 nitrogen and oxygen atoms in total. The number of hydrogen-bond acceptors (Lipinski definition) is 4. The first-order chi connectivity index (χ1) is 7.58. The van der Waals surface area contributed by atoms with Crippen molar-refractivity contribution in [3.8, 4) is 0 Å². The van der Waals surface area contributed by atoms with Gasteiger partial charge in [-0.25, -0.2) is 4.79 Å². The van der Waals surface area contributed by atoms with Crippen LogP contribution in [0.3, 0.4) is 0 Å². The fraction of sp³-hybridized carbons (Fsp3) is 0.600. The van der Waals surface area contributed by atoms with Crippen LogP contribution in [0.2, 0.25) is 0 Å². The van der Waals surface area contributed by atoms with Crippen LogP contribution in [0.25, 0.3) is 0 Å². The van der Waals surface area contributed by atoms with Gasteiger partial charge >= 0.3 is 5.69 Å². The van der Waals surface area contributed by atoms with Crippen molar-refractivity contribution >= 4 is 0 Å². The summed E-state index contributed by atoms with van der Waals surface area (Å²) < 4.78 is 1.37. The first-order valence-electron chi connectivity index (χ1n) is 5.10. The number of rotatable bonds is 5. The Kier molecular flexibility index (Phi) is 4.45. The zero-order valence-corrected chi connectivity index (χ0v) is 9.14. The molecule has 0 saturated carbocycles. The molecule has 0 aliphatic rings. The van der Waals surface area contributed by atoms with Crippen LogP contribution in [0.15, 0.2) is 15.8 Å². The highest BCUT2D eigenvalue weighted by atomic mass is 16.3. The van der Waals surface area contributed by atoms with Gasteiger partial charge in [0.05, 0.1) is 0 Å². The molecular weight excluding hydrogens is 212 g/mol. The second-order valence-corrected chi connectivity index (χ2v) is 3.78. The van der Waals surface area contributed by atoms with E-state index in [9.17, 15) is 9.59 Å². The van der Waals surface area contributed by atoms with Crippen molar-refractivity contribution < 1.29 is 10.2 Å². The van der Waals surface area contributed by atoms with E-state index in [0.717, 1.165) is 0 Å². The van der Waals surface area contributed by atoms with E-state index in [1.165, 1.54) is 10.8 Å². The van der Waals surface area contributed by atoms with E-state index in [4.69, 9.17) is 10.2 Å². The minimum atomic E-state index is -0.467. The first kappa shape index (κ1) is 12.7. The average molecular weight is 228 g/mol. The van der Waals surface area contributed by atoms with Gasteiger partial charge in [-0.05, 0) is 13.3 Å². The van der Waals surface area contributed by atoms with Crippen molar-refractivity contribution in [2.75, 3.05) is 13.2 Å². The van der Waals surface area contributed by atoms with E-state index < -0.39 is 5.69 Å². The van der Waals surface area contributed by atoms with Crippen LogP contribution >= 0.6 is 0 Å². The van der Waals surface area contributed by atoms with Crippen LogP contribution in [0.4, 0.5) is 0 Å². The highest BCUT2D eigenvalue weighted by Crippen LogP contribution is 2.02. The molecule has 0 bridgehead atoms. The van der Waals surface area contributed by atoms with Gasteiger partial charge in [0, 0.05) is 37.4 Å². The molecule has 1 rings (SSSR count). The van der Waals surface area contributed by atoms with Crippen molar-refractivity contribution in [3.05, 3.63) is 32.6 Å². The summed E-state index contributed by atoms with van der Waals surface area (Å²) in [7, 11) is 0. The number of aromatic nitrogens is 2. The van der Waals surface area contributed by atoms with Crippen molar-refractivity contribution in [1.29, 1.82) is 0 Å². The maximum Gasteiger partial charge on any atom is 0.328 e. The summed E-state index contributed by atoms with van der Waals surface area (Å²) in [5.41, 5.74) is -0.392. The number of hydrogen-bond donors (Lipinski definition) is 3. The maximum atomic E-state index is 11.4. The van der Waals surface area contributed by atoms with Crippen LogP contribution in [0, 0.1) is 12.8 Å². The molecule has 0 spiro atoms. The smallest absolute Gasteiger partial charge is 0.328 e. The third-order valence-corrected chi connectivity index (χ3v) is 2.48. The molecule has 0 fully saturated rings. The van der Waals surface area contributed by atoms with E-state index >= 15 is 0 Å². The summed E-state index contributed by atoms with van der Waals surface area (Å²) in [6.07, 6.45) is 1.96. The summed E-state index contributed by atoms with van der Waals surface area (Å²) in [5.74, 6) is -0.237. The Bertz CT molecular complexity index is 445. The minimum absolute atomic E-state index is 0.117. The van der Waals surface area contributed by atoms with Crippen molar-refractivity contribution in [1.82, 2.24) is 9.55 Å². The molecule has 0 atom stereocenters.